The summed E-state index contributed by atoms with van der Waals surface area (Å²) >= 11 is -0.184. The van der Waals surface area contributed by atoms with Gasteiger partial charge in [-0.05, 0) is 0 Å². The molecule has 64 valence electrons. The molecule has 1 aromatic rings. The molecule has 0 saturated carbocycles. The van der Waals surface area contributed by atoms with Crippen molar-refractivity contribution in [3.05, 3.63) is 30.3 Å². The van der Waals surface area contributed by atoms with Gasteiger partial charge < -0.3 is 5.48 Å². The van der Waals surface area contributed by atoms with Gasteiger partial charge in [0.2, 0.25) is 0 Å². The molecule has 0 N–H and O–H groups in total. The Morgan fingerprint density at radius 1 is 1.17 bits per heavy atom. The maximum absolute atomic E-state index is 2.28. The molecule has 1 rings (SSSR count). The van der Waals surface area contributed by atoms with Crippen LogP contribution in [0.15, 0.2) is 30.3 Å². The number of hydrogen-bond donors (Lipinski definition) is 0. The molecule has 0 aliphatic heterocycles. The van der Waals surface area contributed by atoms with E-state index in [0.29, 0.717) is 0 Å². The molecule has 0 fully saturated rings. The summed E-state index contributed by atoms with van der Waals surface area (Å²) in [6, 6.07) is 11.0. The van der Waals surface area contributed by atoms with Crippen molar-refractivity contribution in [2.75, 3.05) is 0 Å². The van der Waals surface area contributed by atoms with Crippen molar-refractivity contribution in [3.8, 4) is 0 Å². The second-order valence-corrected chi connectivity index (χ2v) is 6.73. The second kappa shape index (κ2) is 7.62. The maximum atomic E-state index is 2.28. The molecule has 0 saturated heterocycles. The summed E-state index contributed by atoms with van der Waals surface area (Å²) in [4.78, 5) is 0. The van der Waals surface area contributed by atoms with Gasteiger partial charge in [-0.3, -0.25) is 0 Å². The summed E-state index contributed by atoms with van der Waals surface area (Å²) in [5.74, 6) is 0. The normalized spacial score (nSPS) is 8.42. The Balaban J connectivity index is 0.00000121. The van der Waals surface area contributed by atoms with Gasteiger partial charge in [-0.25, -0.2) is 0 Å². The Hall–Kier alpha value is -0.0213. The molecule has 0 aliphatic rings. The Bertz CT molecular complexity index is 186. The van der Waals surface area contributed by atoms with E-state index in [2.05, 4.69) is 37.3 Å². The van der Waals surface area contributed by atoms with Gasteiger partial charge in [-0.1, -0.05) is 0 Å². The molecule has 12 heavy (non-hydrogen) atoms. The van der Waals surface area contributed by atoms with Gasteiger partial charge in [-0.15, -0.1) is 0 Å². The van der Waals surface area contributed by atoms with Crippen LogP contribution in [0.5, 0.6) is 0 Å². The first-order valence-electron chi connectivity index (χ1n) is 4.22. The first-order valence-corrected chi connectivity index (χ1v) is 7.67. The zero-order chi connectivity index (χ0) is 7.94. The first-order chi connectivity index (χ1) is 5.43. The summed E-state index contributed by atoms with van der Waals surface area (Å²) in [5.41, 5.74) is 0. The van der Waals surface area contributed by atoms with Crippen molar-refractivity contribution in [1.82, 2.24) is 0 Å². The van der Waals surface area contributed by atoms with Gasteiger partial charge in [0.1, 0.15) is 0 Å². The summed E-state index contributed by atoms with van der Waals surface area (Å²) in [7, 11) is 0. The number of unbranched alkanes of at least 4 members (excludes halogenated alkanes) is 1. The van der Waals surface area contributed by atoms with Crippen LogP contribution >= 0.6 is 0 Å². The standard InChI is InChI=1S/C6H5.C4H9.O.Sn/c1-2-4-6-5-3-1;1-3-4-2;;/h1-5H;1,3-4H2,2H3;;/q;;-2;+2. The fourth-order valence-electron chi connectivity index (χ4n) is 0.966. The van der Waals surface area contributed by atoms with E-state index in [0.717, 1.165) is 0 Å². The Morgan fingerprint density at radius 2 is 1.83 bits per heavy atom. The van der Waals surface area contributed by atoms with E-state index in [-0.39, 0.29) is 26.6 Å². The van der Waals surface area contributed by atoms with Crippen LogP contribution in [-0.2, 0) is 5.48 Å². The van der Waals surface area contributed by atoms with Crippen molar-refractivity contribution >= 4 is 24.7 Å². The third kappa shape index (κ3) is 4.78. The maximum Gasteiger partial charge on any atom is -2.00 e. The largest absolute Gasteiger partial charge is 2.00 e. The van der Waals surface area contributed by atoms with E-state index in [9.17, 15) is 0 Å². The monoisotopic (exact) mass is 270 g/mol. The number of rotatable bonds is 4. The molecule has 2 heteroatoms. The number of benzene rings is 1. The minimum absolute atomic E-state index is 0. The van der Waals surface area contributed by atoms with Gasteiger partial charge in [0.05, 0.1) is 0 Å². The average molecular weight is 269 g/mol. The number of hydrogen-bond acceptors (Lipinski definition) is 0. The van der Waals surface area contributed by atoms with E-state index in [1.165, 1.54) is 17.3 Å². The fraction of sp³-hybridized carbons (Fsp3) is 0.400. The van der Waals surface area contributed by atoms with Crippen LogP contribution in [0.1, 0.15) is 19.8 Å². The summed E-state index contributed by atoms with van der Waals surface area (Å²) in [5, 5.41) is 0. The first kappa shape index (κ1) is 12.0. The molecular formula is C10H14OSn. The van der Waals surface area contributed by atoms with Crippen molar-refractivity contribution in [3.63, 3.8) is 0 Å². The molecule has 1 nitrogen and oxygen atoms in total. The second-order valence-electron chi connectivity index (χ2n) is 2.65. The minimum atomic E-state index is -0.184. The molecule has 0 aromatic heterocycles. The van der Waals surface area contributed by atoms with E-state index < -0.39 is 0 Å². The summed E-state index contributed by atoms with van der Waals surface area (Å²) in [6.45, 7) is 2.27. The van der Waals surface area contributed by atoms with Gasteiger partial charge >= 0.3 is 79.3 Å². The van der Waals surface area contributed by atoms with E-state index >= 15 is 0 Å². The molecule has 1 aromatic carbocycles. The Labute approximate surface area is 84.7 Å². The van der Waals surface area contributed by atoms with Gasteiger partial charge in [0, 0.05) is 0 Å². The van der Waals surface area contributed by atoms with Gasteiger partial charge in [0.15, 0.2) is 0 Å². The molecule has 0 aliphatic carbocycles. The van der Waals surface area contributed by atoms with Crippen LogP contribution in [0, 0.1) is 0 Å². The zero-order valence-electron chi connectivity index (χ0n) is 7.42. The average Bonchev–Trinajstić information content (AvgIpc) is 2.07. The molecule has 0 radical (unpaired) electrons. The van der Waals surface area contributed by atoms with Crippen LogP contribution < -0.4 is 3.58 Å². The van der Waals surface area contributed by atoms with Gasteiger partial charge in [-0.2, -0.15) is 0 Å². The molecule has 0 atom stereocenters. The smallest absolute Gasteiger partial charge is 2.00 e. The predicted octanol–water partition coefficient (Wildman–Crippen LogP) is 2.12. The van der Waals surface area contributed by atoms with Crippen molar-refractivity contribution in [2.45, 2.75) is 24.2 Å². The molecule has 0 amide bonds. The third-order valence-electron chi connectivity index (χ3n) is 1.63. The molecule has 0 bridgehead atoms. The molecule has 0 unspecified atom stereocenters. The van der Waals surface area contributed by atoms with E-state index in [4.69, 9.17) is 0 Å². The topological polar surface area (TPSA) is 28.5 Å². The van der Waals surface area contributed by atoms with Crippen molar-refractivity contribution < 1.29 is 5.48 Å². The van der Waals surface area contributed by atoms with Crippen LogP contribution in [0.2, 0.25) is 4.44 Å². The van der Waals surface area contributed by atoms with Crippen LogP contribution in [0.4, 0.5) is 0 Å². The third-order valence-corrected chi connectivity index (χ3v) is 5.47. The molecular weight excluding hydrogens is 255 g/mol. The van der Waals surface area contributed by atoms with Gasteiger partial charge in [0.25, 0.3) is 0 Å². The fourth-order valence-corrected chi connectivity index (χ4v) is 4.53. The summed E-state index contributed by atoms with van der Waals surface area (Å²) < 4.78 is 3.15. The van der Waals surface area contributed by atoms with Crippen LogP contribution in [0.3, 0.4) is 0 Å². The van der Waals surface area contributed by atoms with Crippen LogP contribution in [0.25, 0.3) is 0 Å². The predicted molar refractivity (Wildman–Crippen MR) is 52.2 cm³/mol. The molecule has 0 heterocycles. The zero-order valence-corrected chi connectivity index (χ0v) is 10.3. The van der Waals surface area contributed by atoms with Crippen LogP contribution in [-0.4, -0.2) is 21.1 Å². The van der Waals surface area contributed by atoms with Crippen molar-refractivity contribution in [2.24, 2.45) is 0 Å². The molecule has 0 spiro atoms. The minimum Gasteiger partial charge on any atom is -2.00 e. The SMILES string of the molecule is CCC[CH2][Sn+2][c]1ccccc1.[O-2]. The quantitative estimate of drug-likeness (QED) is 0.591. The Kier molecular flexibility index (Phi) is 7.61. The summed E-state index contributed by atoms with van der Waals surface area (Å²) in [6.07, 6.45) is 2.79. The van der Waals surface area contributed by atoms with Crippen molar-refractivity contribution in [1.29, 1.82) is 0 Å². The van der Waals surface area contributed by atoms with E-state index in [1.54, 1.807) is 3.58 Å². The van der Waals surface area contributed by atoms with E-state index in [1.807, 2.05) is 0 Å². The Morgan fingerprint density at radius 3 is 2.42 bits per heavy atom.